The second-order valence-electron chi connectivity index (χ2n) is 3.68. The van der Waals surface area contributed by atoms with Crippen LogP contribution in [0.3, 0.4) is 0 Å². The molecule has 1 aliphatic carbocycles. The highest BCUT2D eigenvalue weighted by Gasteiger charge is 2.52. The minimum absolute atomic E-state index is 0.823. The van der Waals surface area contributed by atoms with Crippen LogP contribution < -0.4 is 5.32 Å². The molecule has 3 rings (SSSR count). The minimum atomic E-state index is 0.823. The Morgan fingerprint density at radius 2 is 2.17 bits per heavy atom. The SMILES string of the molecule is C(c1nn[nH]n1)C1[C@H]2CNC[C@@H]12. The molecule has 0 spiro atoms. The topological polar surface area (TPSA) is 66.5 Å². The molecule has 64 valence electrons. The van der Waals surface area contributed by atoms with Crippen LogP contribution in [0.1, 0.15) is 5.82 Å². The average molecular weight is 165 g/mol. The van der Waals surface area contributed by atoms with Crippen LogP contribution in [0.4, 0.5) is 0 Å². The zero-order chi connectivity index (χ0) is 7.97. The van der Waals surface area contributed by atoms with E-state index >= 15 is 0 Å². The van der Waals surface area contributed by atoms with E-state index in [1.54, 1.807) is 0 Å². The summed E-state index contributed by atoms with van der Waals surface area (Å²) in [5.74, 6) is 3.48. The molecule has 1 aromatic rings. The molecule has 1 aromatic heterocycles. The summed E-state index contributed by atoms with van der Waals surface area (Å²) in [5.41, 5.74) is 0. The van der Waals surface area contributed by atoms with Crippen LogP contribution in [-0.4, -0.2) is 33.7 Å². The van der Waals surface area contributed by atoms with Gasteiger partial charge in [0.15, 0.2) is 5.82 Å². The van der Waals surface area contributed by atoms with E-state index in [0.717, 1.165) is 30.0 Å². The number of fused-ring (bicyclic) bond motifs is 1. The third-order valence-electron chi connectivity index (χ3n) is 3.08. The second kappa shape index (κ2) is 2.26. The predicted molar refractivity (Wildman–Crippen MR) is 41.2 cm³/mol. The fourth-order valence-corrected chi connectivity index (χ4v) is 2.33. The fraction of sp³-hybridized carbons (Fsp3) is 0.857. The molecule has 1 saturated heterocycles. The van der Waals surface area contributed by atoms with Gasteiger partial charge in [0.2, 0.25) is 0 Å². The maximum absolute atomic E-state index is 3.96. The van der Waals surface area contributed by atoms with Gasteiger partial charge < -0.3 is 5.32 Å². The summed E-state index contributed by atoms with van der Waals surface area (Å²) < 4.78 is 0. The fourth-order valence-electron chi connectivity index (χ4n) is 2.33. The quantitative estimate of drug-likeness (QED) is 0.602. The van der Waals surface area contributed by atoms with E-state index < -0.39 is 0 Å². The summed E-state index contributed by atoms with van der Waals surface area (Å²) in [4.78, 5) is 0. The van der Waals surface area contributed by atoms with Crippen LogP contribution in [0.2, 0.25) is 0 Å². The number of H-pyrrole nitrogens is 1. The van der Waals surface area contributed by atoms with Gasteiger partial charge in [-0.2, -0.15) is 5.21 Å². The van der Waals surface area contributed by atoms with E-state index in [9.17, 15) is 0 Å². The van der Waals surface area contributed by atoms with Crippen molar-refractivity contribution in [2.75, 3.05) is 13.1 Å². The Morgan fingerprint density at radius 3 is 2.83 bits per heavy atom. The Morgan fingerprint density at radius 1 is 1.33 bits per heavy atom. The first kappa shape index (κ1) is 6.54. The zero-order valence-corrected chi connectivity index (χ0v) is 6.70. The van der Waals surface area contributed by atoms with E-state index in [1.807, 2.05) is 0 Å². The number of hydrogen-bond donors (Lipinski definition) is 2. The summed E-state index contributed by atoms with van der Waals surface area (Å²) in [7, 11) is 0. The van der Waals surface area contributed by atoms with Gasteiger partial charge in [-0.1, -0.05) is 5.21 Å². The standard InChI is InChI=1S/C7H11N5/c1(7-9-11-12-10-7)4-5-2-8-3-6(4)5/h4-6,8H,1-3H2,(H,9,10,11,12)/t4?,5-,6+. The summed E-state index contributed by atoms with van der Waals surface area (Å²) in [6.07, 6.45) is 1.01. The Bertz CT molecular complexity index is 259. The molecule has 5 nitrogen and oxygen atoms in total. The average Bonchev–Trinajstić information content (AvgIpc) is 2.59. The van der Waals surface area contributed by atoms with E-state index in [-0.39, 0.29) is 0 Å². The maximum atomic E-state index is 3.96. The third-order valence-corrected chi connectivity index (χ3v) is 3.08. The lowest BCUT2D eigenvalue weighted by Gasteiger charge is -1.99. The number of piperidine rings is 1. The van der Waals surface area contributed by atoms with E-state index in [0.29, 0.717) is 0 Å². The minimum Gasteiger partial charge on any atom is -0.316 e. The molecular formula is C7H11N5. The molecule has 2 N–H and O–H groups in total. The number of aromatic amines is 1. The van der Waals surface area contributed by atoms with E-state index in [2.05, 4.69) is 25.9 Å². The van der Waals surface area contributed by atoms with Gasteiger partial charge in [0.25, 0.3) is 0 Å². The Balaban J connectivity index is 1.65. The molecule has 0 aromatic carbocycles. The van der Waals surface area contributed by atoms with Crippen molar-refractivity contribution in [3.63, 3.8) is 0 Å². The summed E-state index contributed by atoms with van der Waals surface area (Å²) in [5, 5.41) is 17.3. The van der Waals surface area contributed by atoms with Crippen molar-refractivity contribution in [3.8, 4) is 0 Å². The first-order valence-electron chi connectivity index (χ1n) is 4.38. The molecule has 2 heterocycles. The van der Waals surface area contributed by atoms with E-state index in [4.69, 9.17) is 0 Å². The van der Waals surface area contributed by atoms with Crippen LogP contribution >= 0.6 is 0 Å². The van der Waals surface area contributed by atoms with Crippen molar-refractivity contribution >= 4 is 0 Å². The van der Waals surface area contributed by atoms with Gasteiger partial charge in [0.1, 0.15) is 0 Å². The number of hydrogen-bond acceptors (Lipinski definition) is 4. The highest BCUT2D eigenvalue weighted by atomic mass is 15.5. The number of tetrazole rings is 1. The number of nitrogens with zero attached hydrogens (tertiary/aromatic N) is 3. The van der Waals surface area contributed by atoms with Crippen molar-refractivity contribution < 1.29 is 0 Å². The van der Waals surface area contributed by atoms with Gasteiger partial charge in [0.05, 0.1) is 0 Å². The monoisotopic (exact) mass is 165 g/mol. The second-order valence-corrected chi connectivity index (χ2v) is 3.68. The lowest BCUT2D eigenvalue weighted by molar-refractivity contribution is 0.581. The first-order chi connectivity index (χ1) is 5.95. The van der Waals surface area contributed by atoms with Gasteiger partial charge in [-0.15, -0.1) is 10.2 Å². The summed E-state index contributed by atoms with van der Waals surface area (Å²) in [6.45, 7) is 2.38. The molecule has 0 amide bonds. The molecule has 1 saturated carbocycles. The Labute approximate surface area is 69.9 Å². The molecule has 0 bridgehead atoms. The number of rotatable bonds is 2. The molecule has 1 unspecified atom stereocenters. The largest absolute Gasteiger partial charge is 0.316 e. The number of nitrogens with one attached hydrogen (secondary N) is 2. The molecule has 2 fully saturated rings. The lowest BCUT2D eigenvalue weighted by atomic mass is 10.2. The van der Waals surface area contributed by atoms with Gasteiger partial charge >= 0.3 is 0 Å². The highest BCUT2D eigenvalue weighted by Crippen LogP contribution is 2.49. The summed E-state index contributed by atoms with van der Waals surface area (Å²) in [6, 6.07) is 0. The molecule has 1 aliphatic heterocycles. The van der Waals surface area contributed by atoms with Crippen molar-refractivity contribution in [3.05, 3.63) is 5.82 Å². The first-order valence-corrected chi connectivity index (χ1v) is 4.38. The van der Waals surface area contributed by atoms with Gasteiger partial charge in [-0.3, -0.25) is 0 Å². The van der Waals surface area contributed by atoms with Crippen molar-refractivity contribution in [2.45, 2.75) is 6.42 Å². The van der Waals surface area contributed by atoms with Gasteiger partial charge in [-0.25, -0.2) is 0 Å². The normalized spacial score (nSPS) is 38.2. The number of aromatic nitrogens is 4. The molecule has 5 heteroatoms. The molecular weight excluding hydrogens is 154 g/mol. The smallest absolute Gasteiger partial charge is 0.174 e. The van der Waals surface area contributed by atoms with Gasteiger partial charge in [0, 0.05) is 6.42 Å². The molecule has 0 radical (unpaired) electrons. The van der Waals surface area contributed by atoms with Gasteiger partial charge in [-0.05, 0) is 30.8 Å². The van der Waals surface area contributed by atoms with Crippen molar-refractivity contribution in [1.29, 1.82) is 0 Å². The van der Waals surface area contributed by atoms with Crippen LogP contribution in [0.25, 0.3) is 0 Å². The van der Waals surface area contributed by atoms with Crippen LogP contribution in [0.15, 0.2) is 0 Å². The van der Waals surface area contributed by atoms with Crippen molar-refractivity contribution in [1.82, 2.24) is 25.9 Å². The predicted octanol–water partition coefficient (Wildman–Crippen LogP) is -0.792. The van der Waals surface area contributed by atoms with Crippen LogP contribution in [0.5, 0.6) is 0 Å². The lowest BCUT2D eigenvalue weighted by Crippen LogP contribution is -2.15. The Kier molecular flexibility index (Phi) is 1.23. The van der Waals surface area contributed by atoms with Crippen molar-refractivity contribution in [2.24, 2.45) is 17.8 Å². The van der Waals surface area contributed by atoms with Crippen LogP contribution in [0, 0.1) is 17.8 Å². The molecule has 3 atom stereocenters. The Hall–Kier alpha value is -0.970. The zero-order valence-electron chi connectivity index (χ0n) is 6.70. The third kappa shape index (κ3) is 0.859. The highest BCUT2D eigenvalue weighted by molar-refractivity contribution is 5.06. The molecule has 2 aliphatic rings. The maximum Gasteiger partial charge on any atom is 0.174 e. The van der Waals surface area contributed by atoms with E-state index in [1.165, 1.54) is 13.1 Å². The van der Waals surface area contributed by atoms with Crippen LogP contribution in [-0.2, 0) is 6.42 Å². The summed E-state index contributed by atoms with van der Waals surface area (Å²) >= 11 is 0. The molecule has 12 heavy (non-hydrogen) atoms.